The highest BCUT2D eigenvalue weighted by Gasteiger charge is 2.36. The lowest BCUT2D eigenvalue weighted by molar-refractivity contribution is -0.123. The third kappa shape index (κ3) is 4.90. The van der Waals surface area contributed by atoms with Gasteiger partial charge < -0.3 is 11.1 Å². The van der Waals surface area contributed by atoms with Crippen LogP contribution in [-0.4, -0.2) is 52.5 Å². The van der Waals surface area contributed by atoms with Crippen LogP contribution in [-0.2, 0) is 4.79 Å². The summed E-state index contributed by atoms with van der Waals surface area (Å²) in [7, 11) is 0. The first kappa shape index (κ1) is 17.7. The molecular weight excluding hydrogens is 290 g/mol. The summed E-state index contributed by atoms with van der Waals surface area (Å²) >= 11 is 6.94. The van der Waals surface area contributed by atoms with Crippen LogP contribution in [0.5, 0.6) is 0 Å². The van der Waals surface area contributed by atoms with E-state index in [9.17, 15) is 4.79 Å². The highest BCUT2D eigenvalue weighted by molar-refractivity contribution is 8.02. The largest absolute Gasteiger partial charge is 0.392 e. The molecule has 0 spiro atoms. The molecule has 116 valence electrons. The second-order valence-electron chi connectivity index (χ2n) is 5.60. The number of piperidine rings is 1. The molecule has 3 N–H and O–H groups in total. The fourth-order valence-electron chi connectivity index (χ4n) is 2.65. The summed E-state index contributed by atoms with van der Waals surface area (Å²) < 4.78 is -0.0716. The van der Waals surface area contributed by atoms with Gasteiger partial charge in [-0.15, -0.1) is 0 Å². The van der Waals surface area contributed by atoms with E-state index in [0.717, 1.165) is 38.8 Å². The van der Waals surface area contributed by atoms with Crippen molar-refractivity contribution in [2.45, 2.75) is 50.3 Å². The first-order chi connectivity index (χ1) is 9.43. The summed E-state index contributed by atoms with van der Waals surface area (Å²) in [6.45, 7) is 6.44. The zero-order valence-corrected chi connectivity index (χ0v) is 14.4. The number of hydrogen-bond donors (Lipinski definition) is 2. The quantitative estimate of drug-likeness (QED) is 0.701. The minimum Gasteiger partial charge on any atom is -0.392 e. The second kappa shape index (κ2) is 8.20. The highest BCUT2D eigenvalue weighted by atomic mass is 32.2. The molecule has 1 aliphatic rings. The van der Waals surface area contributed by atoms with Gasteiger partial charge in [0.1, 0.15) is 0 Å². The van der Waals surface area contributed by atoms with Gasteiger partial charge in [-0.1, -0.05) is 25.6 Å². The summed E-state index contributed by atoms with van der Waals surface area (Å²) in [6, 6.07) is 0.263. The second-order valence-corrected chi connectivity index (χ2v) is 7.23. The third-order valence-corrected chi connectivity index (χ3v) is 5.93. The van der Waals surface area contributed by atoms with Crippen LogP contribution >= 0.6 is 24.0 Å². The maximum Gasteiger partial charge on any atom is 0.234 e. The molecule has 1 saturated heterocycles. The molecule has 1 unspecified atom stereocenters. The average Bonchev–Trinajstić information content (AvgIpc) is 2.39. The van der Waals surface area contributed by atoms with Gasteiger partial charge in [-0.25, -0.2) is 0 Å². The number of carbonyl (C=O) groups is 1. The van der Waals surface area contributed by atoms with Crippen molar-refractivity contribution < 1.29 is 4.79 Å². The number of rotatable bonds is 7. The van der Waals surface area contributed by atoms with Gasteiger partial charge in [0.15, 0.2) is 0 Å². The van der Waals surface area contributed by atoms with Crippen molar-refractivity contribution >= 4 is 34.9 Å². The van der Waals surface area contributed by atoms with E-state index in [2.05, 4.69) is 30.3 Å². The predicted octanol–water partition coefficient (Wildman–Crippen LogP) is 1.77. The van der Waals surface area contributed by atoms with Gasteiger partial charge in [0.25, 0.3) is 0 Å². The molecule has 1 amide bonds. The lowest BCUT2D eigenvalue weighted by atomic mass is 9.95. The van der Waals surface area contributed by atoms with Crippen LogP contribution in [0.4, 0.5) is 0 Å². The molecule has 0 aromatic carbocycles. The van der Waals surface area contributed by atoms with Crippen LogP contribution in [0.15, 0.2) is 0 Å². The fraction of sp³-hybridized carbons (Fsp3) is 0.857. The van der Waals surface area contributed by atoms with Crippen LogP contribution in [0.25, 0.3) is 0 Å². The fourth-order valence-corrected chi connectivity index (χ4v) is 3.90. The van der Waals surface area contributed by atoms with Crippen molar-refractivity contribution in [1.29, 1.82) is 0 Å². The van der Waals surface area contributed by atoms with Crippen molar-refractivity contribution in [1.82, 2.24) is 10.2 Å². The molecule has 1 fully saturated rings. The van der Waals surface area contributed by atoms with Crippen LogP contribution in [0.1, 0.15) is 39.5 Å². The van der Waals surface area contributed by atoms with Crippen LogP contribution in [0, 0.1) is 0 Å². The van der Waals surface area contributed by atoms with Gasteiger partial charge in [-0.3, -0.25) is 9.69 Å². The van der Waals surface area contributed by atoms with Crippen molar-refractivity contribution in [3.05, 3.63) is 0 Å². The van der Waals surface area contributed by atoms with Gasteiger partial charge in [0.05, 0.1) is 16.3 Å². The smallest absolute Gasteiger partial charge is 0.234 e. The molecule has 1 aliphatic heterocycles. The molecule has 0 bridgehead atoms. The topological polar surface area (TPSA) is 58.4 Å². The number of amides is 1. The minimum atomic E-state index is -0.0716. The van der Waals surface area contributed by atoms with Gasteiger partial charge in [-0.05, 0) is 32.4 Å². The molecule has 1 atom stereocenters. The van der Waals surface area contributed by atoms with Crippen molar-refractivity contribution in [3.8, 4) is 0 Å². The van der Waals surface area contributed by atoms with Gasteiger partial charge in [-0.2, -0.15) is 11.8 Å². The molecule has 0 saturated carbocycles. The Morgan fingerprint density at radius 1 is 1.50 bits per heavy atom. The van der Waals surface area contributed by atoms with Gasteiger partial charge in [0.2, 0.25) is 5.91 Å². The predicted molar refractivity (Wildman–Crippen MR) is 91.2 cm³/mol. The summed E-state index contributed by atoms with van der Waals surface area (Å²) in [4.78, 5) is 14.8. The van der Waals surface area contributed by atoms with Crippen molar-refractivity contribution in [2.24, 2.45) is 5.73 Å². The molecular formula is C14H27N3OS2. The normalized spacial score (nSPS) is 20.4. The first-order valence-corrected chi connectivity index (χ1v) is 8.93. The molecule has 0 aromatic rings. The summed E-state index contributed by atoms with van der Waals surface area (Å²) in [5.74, 6) is 0.123. The van der Waals surface area contributed by atoms with E-state index in [4.69, 9.17) is 18.0 Å². The molecule has 1 rings (SSSR count). The monoisotopic (exact) mass is 317 g/mol. The lowest BCUT2D eigenvalue weighted by Crippen LogP contribution is -2.51. The number of nitrogens with two attached hydrogens (primary N) is 1. The van der Waals surface area contributed by atoms with Crippen LogP contribution < -0.4 is 11.1 Å². The zero-order valence-electron chi connectivity index (χ0n) is 12.8. The van der Waals surface area contributed by atoms with E-state index in [0.29, 0.717) is 11.5 Å². The Kier molecular flexibility index (Phi) is 7.26. The average molecular weight is 318 g/mol. The number of nitrogens with one attached hydrogen (secondary N) is 1. The summed E-state index contributed by atoms with van der Waals surface area (Å²) in [5, 5.41) is 3.05. The van der Waals surface area contributed by atoms with Crippen LogP contribution in [0.3, 0.4) is 0 Å². The molecule has 0 aromatic heterocycles. The van der Waals surface area contributed by atoms with E-state index >= 15 is 0 Å². The number of thioether (sulfide) groups is 1. The molecule has 6 heteroatoms. The summed E-state index contributed by atoms with van der Waals surface area (Å²) in [6.07, 6.45) is 6.05. The molecule has 1 heterocycles. The SMILES string of the molecule is CCCC(C)NC(=O)CN1CCC(SC)(C(N)=S)CC1. The van der Waals surface area contributed by atoms with E-state index in [1.54, 1.807) is 11.8 Å². The standard InChI is InChI=1S/C14H27N3OS2/c1-4-5-11(2)16-12(18)10-17-8-6-14(20-3,7-9-17)13(15)19/h11H,4-10H2,1-3H3,(H2,15,19)(H,16,18). The Bertz CT molecular complexity index is 341. The minimum absolute atomic E-state index is 0.0716. The van der Waals surface area contributed by atoms with Crippen molar-refractivity contribution in [2.75, 3.05) is 25.9 Å². The Morgan fingerprint density at radius 2 is 2.10 bits per heavy atom. The molecule has 20 heavy (non-hydrogen) atoms. The maximum atomic E-state index is 12.0. The number of carbonyl (C=O) groups excluding carboxylic acids is 1. The number of likely N-dealkylation sites (tertiary alicyclic amines) is 1. The Hall–Kier alpha value is -0.330. The molecule has 0 radical (unpaired) electrons. The maximum absolute atomic E-state index is 12.0. The first-order valence-electron chi connectivity index (χ1n) is 7.30. The Labute approximate surface area is 132 Å². The zero-order chi connectivity index (χ0) is 15.2. The van der Waals surface area contributed by atoms with Gasteiger partial charge in [0, 0.05) is 19.1 Å². The van der Waals surface area contributed by atoms with Crippen LogP contribution in [0.2, 0.25) is 0 Å². The number of thiocarbonyl (C=S) groups is 1. The van der Waals surface area contributed by atoms with E-state index in [1.807, 2.05) is 0 Å². The number of hydrogen-bond acceptors (Lipinski definition) is 4. The Balaban J connectivity index is 2.39. The summed E-state index contributed by atoms with van der Waals surface area (Å²) in [5.41, 5.74) is 5.87. The lowest BCUT2D eigenvalue weighted by Gasteiger charge is -2.39. The Morgan fingerprint density at radius 3 is 2.55 bits per heavy atom. The van der Waals surface area contributed by atoms with Gasteiger partial charge >= 0.3 is 0 Å². The van der Waals surface area contributed by atoms with Crippen molar-refractivity contribution in [3.63, 3.8) is 0 Å². The third-order valence-electron chi connectivity index (χ3n) is 4.00. The highest BCUT2D eigenvalue weighted by Crippen LogP contribution is 2.34. The molecule has 4 nitrogen and oxygen atoms in total. The van der Waals surface area contributed by atoms with E-state index < -0.39 is 0 Å². The van der Waals surface area contributed by atoms with E-state index in [1.165, 1.54) is 0 Å². The number of nitrogens with zero attached hydrogens (tertiary/aromatic N) is 1. The molecule has 0 aliphatic carbocycles. The van der Waals surface area contributed by atoms with E-state index in [-0.39, 0.29) is 16.7 Å².